The quantitative estimate of drug-likeness (QED) is 0.697. The molecule has 0 atom stereocenters. The van der Waals surface area contributed by atoms with Gasteiger partial charge in [-0.2, -0.15) is 0 Å². The van der Waals surface area contributed by atoms with Crippen molar-refractivity contribution >= 4 is 5.78 Å². The summed E-state index contributed by atoms with van der Waals surface area (Å²) in [7, 11) is 0. The molecule has 1 rings (SSSR count). The predicted octanol–water partition coefficient (Wildman–Crippen LogP) is 3.37. The van der Waals surface area contributed by atoms with Crippen LogP contribution in [0.25, 0.3) is 0 Å². The van der Waals surface area contributed by atoms with E-state index < -0.39 is 0 Å². The third-order valence-electron chi connectivity index (χ3n) is 1.75. The Hall–Kier alpha value is -1.05. The molecule has 0 aliphatic heterocycles. The van der Waals surface area contributed by atoms with Gasteiger partial charge in [0, 0.05) is 13.1 Å². The molecule has 0 fully saturated rings. The lowest BCUT2D eigenvalue weighted by Crippen LogP contribution is -1.90. The summed E-state index contributed by atoms with van der Waals surface area (Å²) in [6.07, 6.45) is 1.89. The van der Waals surface area contributed by atoms with Gasteiger partial charge in [0.15, 0.2) is 5.78 Å². The third-order valence-corrected chi connectivity index (χ3v) is 1.75. The van der Waals surface area contributed by atoms with E-state index in [4.69, 9.17) is 0 Å². The topological polar surface area (TPSA) is 32.9 Å². The average Bonchev–Trinajstić information content (AvgIpc) is 2.56. The van der Waals surface area contributed by atoms with E-state index >= 15 is 0 Å². The predicted molar refractivity (Wildman–Crippen MR) is 56.2 cm³/mol. The molecule has 0 unspecified atom stereocenters. The number of carbonyl (C=O) groups excluding carboxylic acids is 1. The number of carbonyl (C=O) groups is 1. The minimum Gasteiger partial charge on any atom is -0.359 e. The minimum atomic E-state index is 0.0944. The Morgan fingerprint density at radius 2 is 1.92 bits per heavy atom. The summed E-state index contributed by atoms with van der Waals surface area (Å²) >= 11 is 0. The van der Waals surface area contributed by atoms with Crippen molar-refractivity contribution < 1.29 is 4.79 Å². The third kappa shape index (κ3) is 3.45. The van der Waals surface area contributed by atoms with Crippen molar-refractivity contribution in [3.05, 3.63) is 23.5 Å². The molecule has 2 heteroatoms. The number of H-pyrrole nitrogens is 1. The Labute approximate surface area is 80.4 Å². The van der Waals surface area contributed by atoms with Crippen LogP contribution in [0.1, 0.15) is 56.6 Å². The molecular formula is C11H19NO. The van der Waals surface area contributed by atoms with E-state index in [0.717, 1.165) is 0 Å². The smallest absolute Gasteiger partial charge is 0.175 e. The van der Waals surface area contributed by atoms with Gasteiger partial charge in [-0.15, -0.1) is 0 Å². The fourth-order valence-corrected chi connectivity index (χ4v) is 0.948. The molecule has 0 bridgehead atoms. The first-order valence-corrected chi connectivity index (χ1v) is 4.80. The van der Waals surface area contributed by atoms with Crippen molar-refractivity contribution in [2.45, 2.75) is 40.5 Å². The Morgan fingerprint density at radius 1 is 1.38 bits per heavy atom. The second-order valence-electron chi connectivity index (χ2n) is 3.06. The second kappa shape index (κ2) is 5.57. The van der Waals surface area contributed by atoms with Gasteiger partial charge in [0.2, 0.25) is 0 Å². The monoisotopic (exact) mass is 181 g/mol. The summed E-state index contributed by atoms with van der Waals surface area (Å²) in [4.78, 5) is 13.8. The van der Waals surface area contributed by atoms with E-state index in [1.807, 2.05) is 26.1 Å². The largest absolute Gasteiger partial charge is 0.359 e. The zero-order valence-corrected chi connectivity index (χ0v) is 9.14. The summed E-state index contributed by atoms with van der Waals surface area (Å²) in [6.45, 7) is 9.77. The van der Waals surface area contributed by atoms with E-state index in [0.29, 0.717) is 11.6 Å². The maximum absolute atomic E-state index is 10.9. The molecule has 0 radical (unpaired) electrons. The van der Waals surface area contributed by atoms with Gasteiger partial charge >= 0.3 is 0 Å². The van der Waals surface area contributed by atoms with E-state index in [2.05, 4.69) is 18.8 Å². The SMILES string of the molecule is CC.CC(=O)c1cc(C(C)C)c[nH]1. The summed E-state index contributed by atoms with van der Waals surface area (Å²) < 4.78 is 0. The van der Waals surface area contributed by atoms with Gasteiger partial charge in [0.1, 0.15) is 0 Å². The fourth-order valence-electron chi connectivity index (χ4n) is 0.948. The van der Waals surface area contributed by atoms with Gasteiger partial charge < -0.3 is 4.98 Å². The Bertz CT molecular complexity index is 261. The Balaban J connectivity index is 0.000000671. The fraction of sp³-hybridized carbons (Fsp3) is 0.545. The first-order chi connectivity index (χ1) is 6.11. The Morgan fingerprint density at radius 3 is 2.15 bits per heavy atom. The normalized spacial score (nSPS) is 9.38. The maximum Gasteiger partial charge on any atom is 0.175 e. The standard InChI is InChI=1S/C9H13NO.C2H6/c1-6(2)8-4-9(7(3)11)10-5-8;1-2/h4-6,10H,1-3H3;1-2H3. The van der Waals surface area contributed by atoms with E-state index in [1.165, 1.54) is 5.56 Å². The van der Waals surface area contributed by atoms with E-state index in [-0.39, 0.29) is 5.78 Å². The van der Waals surface area contributed by atoms with Crippen LogP contribution < -0.4 is 0 Å². The summed E-state index contributed by atoms with van der Waals surface area (Å²) in [5, 5.41) is 0. The highest BCUT2D eigenvalue weighted by Gasteiger charge is 2.04. The molecule has 1 aromatic heterocycles. The van der Waals surface area contributed by atoms with Crippen molar-refractivity contribution in [3.8, 4) is 0 Å². The molecule has 1 N–H and O–H groups in total. The molecule has 0 aromatic carbocycles. The van der Waals surface area contributed by atoms with E-state index in [1.54, 1.807) is 6.92 Å². The zero-order valence-electron chi connectivity index (χ0n) is 9.14. The summed E-state index contributed by atoms with van der Waals surface area (Å²) in [5.74, 6) is 0.580. The molecule has 1 aromatic rings. The molecule has 1 heterocycles. The Kier molecular flexibility index (Phi) is 5.12. The minimum absolute atomic E-state index is 0.0944. The van der Waals surface area contributed by atoms with Crippen LogP contribution in [0.2, 0.25) is 0 Å². The molecule has 74 valence electrons. The molecule has 0 saturated heterocycles. The number of hydrogen-bond acceptors (Lipinski definition) is 1. The molecule has 0 amide bonds. The van der Waals surface area contributed by atoms with Crippen molar-refractivity contribution in [2.24, 2.45) is 0 Å². The van der Waals surface area contributed by atoms with Gasteiger partial charge in [-0.3, -0.25) is 4.79 Å². The average molecular weight is 181 g/mol. The highest BCUT2D eigenvalue weighted by molar-refractivity contribution is 5.92. The van der Waals surface area contributed by atoms with Crippen LogP contribution in [0.4, 0.5) is 0 Å². The van der Waals surface area contributed by atoms with Gasteiger partial charge in [0.05, 0.1) is 5.69 Å². The number of aromatic amines is 1. The van der Waals surface area contributed by atoms with Gasteiger partial charge in [-0.1, -0.05) is 27.7 Å². The summed E-state index contributed by atoms with van der Waals surface area (Å²) in [6, 6.07) is 1.91. The summed E-state index contributed by atoms with van der Waals surface area (Å²) in [5.41, 5.74) is 1.89. The van der Waals surface area contributed by atoms with Crippen LogP contribution in [0.5, 0.6) is 0 Å². The molecule has 13 heavy (non-hydrogen) atoms. The number of aromatic nitrogens is 1. The lowest BCUT2D eigenvalue weighted by Gasteiger charge is -1.96. The van der Waals surface area contributed by atoms with Crippen LogP contribution >= 0.6 is 0 Å². The number of ketones is 1. The van der Waals surface area contributed by atoms with Gasteiger partial charge in [-0.25, -0.2) is 0 Å². The maximum atomic E-state index is 10.9. The second-order valence-corrected chi connectivity index (χ2v) is 3.06. The molecule has 0 saturated carbocycles. The number of Topliss-reactive ketones (excluding diaryl/α,β-unsaturated/α-hetero) is 1. The van der Waals surface area contributed by atoms with Crippen molar-refractivity contribution in [3.63, 3.8) is 0 Å². The highest BCUT2D eigenvalue weighted by Crippen LogP contribution is 2.14. The lowest BCUT2D eigenvalue weighted by atomic mass is 10.1. The molecule has 0 spiro atoms. The first-order valence-electron chi connectivity index (χ1n) is 4.80. The number of hydrogen-bond donors (Lipinski definition) is 1. The van der Waals surface area contributed by atoms with Crippen LogP contribution in [-0.2, 0) is 0 Å². The van der Waals surface area contributed by atoms with Crippen LogP contribution in [0.3, 0.4) is 0 Å². The molecule has 0 aliphatic rings. The first kappa shape index (κ1) is 11.9. The van der Waals surface area contributed by atoms with Gasteiger partial charge in [0.25, 0.3) is 0 Å². The zero-order chi connectivity index (χ0) is 10.4. The van der Waals surface area contributed by atoms with E-state index in [9.17, 15) is 4.79 Å². The number of rotatable bonds is 2. The van der Waals surface area contributed by atoms with Crippen LogP contribution in [0.15, 0.2) is 12.3 Å². The number of nitrogens with one attached hydrogen (secondary N) is 1. The molecule has 2 nitrogen and oxygen atoms in total. The van der Waals surface area contributed by atoms with Gasteiger partial charge in [-0.05, 0) is 17.5 Å². The van der Waals surface area contributed by atoms with Crippen LogP contribution in [-0.4, -0.2) is 10.8 Å². The lowest BCUT2D eigenvalue weighted by molar-refractivity contribution is 0.101. The van der Waals surface area contributed by atoms with Crippen LogP contribution in [0, 0.1) is 0 Å². The van der Waals surface area contributed by atoms with Crippen molar-refractivity contribution in [2.75, 3.05) is 0 Å². The molecular weight excluding hydrogens is 162 g/mol. The highest BCUT2D eigenvalue weighted by atomic mass is 16.1. The van der Waals surface area contributed by atoms with Crippen molar-refractivity contribution in [1.29, 1.82) is 0 Å². The molecule has 0 aliphatic carbocycles. The van der Waals surface area contributed by atoms with Crippen molar-refractivity contribution in [1.82, 2.24) is 4.98 Å².